The molecule has 0 N–H and O–H groups in total. The summed E-state index contributed by atoms with van der Waals surface area (Å²) in [6.07, 6.45) is 0. The number of fused-ring (bicyclic) bond motifs is 8. The normalized spacial score (nSPS) is 12.6. The van der Waals surface area contributed by atoms with E-state index >= 15 is 0 Å². The van der Waals surface area contributed by atoms with Crippen molar-refractivity contribution >= 4 is 60.4 Å². The summed E-state index contributed by atoms with van der Waals surface area (Å²) in [4.78, 5) is 2.46. The van der Waals surface area contributed by atoms with Crippen molar-refractivity contribution < 1.29 is 0 Å². The molecule has 71 heavy (non-hydrogen) atoms. The Morgan fingerprint density at radius 1 is 0.296 bits per heavy atom. The molecule has 13 aromatic rings. The van der Waals surface area contributed by atoms with E-state index in [9.17, 15) is 0 Å². The van der Waals surface area contributed by atoms with E-state index in [2.05, 4.69) is 289 Å². The second kappa shape index (κ2) is 16.5. The first-order chi connectivity index (χ1) is 35.2. The van der Waals surface area contributed by atoms with E-state index in [-0.39, 0.29) is 0 Å². The Kier molecular flexibility index (Phi) is 9.47. The standard InChI is InChI=1S/C69H46N2/c1-3-24-51(25-4-1)69(52-26-5-2-6-27-52)63-34-16-13-31-58(63)59-43-41-54(46-64(59)69)71-67-36-18-15-33-61(67)62-42-39-50(45-68(62)71)55-28-11-12-30-57(55)60-32-14-17-35-66(60)70(53-40-38-47-20-7-8-22-49(47)44-53)65-37-19-23-48-21-9-10-29-56(48)65/h1-46H. The van der Waals surface area contributed by atoms with Crippen molar-refractivity contribution in [3.8, 4) is 39.1 Å². The van der Waals surface area contributed by atoms with Crippen LogP contribution in [0.2, 0.25) is 0 Å². The molecule has 332 valence electrons. The fourth-order valence-electron chi connectivity index (χ4n) is 12.0. The third kappa shape index (κ3) is 6.35. The number of hydrogen-bond donors (Lipinski definition) is 0. The number of anilines is 3. The molecule has 0 saturated carbocycles. The van der Waals surface area contributed by atoms with E-state index < -0.39 is 5.41 Å². The molecule has 2 nitrogen and oxygen atoms in total. The van der Waals surface area contributed by atoms with E-state index in [1.165, 1.54) is 87.9 Å². The lowest BCUT2D eigenvalue weighted by Gasteiger charge is -2.34. The smallest absolute Gasteiger partial charge is 0.0714 e. The fourth-order valence-corrected chi connectivity index (χ4v) is 12.0. The Morgan fingerprint density at radius 2 is 0.873 bits per heavy atom. The van der Waals surface area contributed by atoms with Crippen LogP contribution in [0.15, 0.2) is 279 Å². The van der Waals surface area contributed by atoms with Gasteiger partial charge in [0.05, 0.1) is 27.8 Å². The van der Waals surface area contributed by atoms with Crippen LogP contribution in [0.5, 0.6) is 0 Å². The van der Waals surface area contributed by atoms with Gasteiger partial charge in [0.15, 0.2) is 0 Å². The van der Waals surface area contributed by atoms with Crippen LogP contribution in [0, 0.1) is 0 Å². The predicted molar refractivity (Wildman–Crippen MR) is 299 cm³/mol. The van der Waals surface area contributed by atoms with E-state index in [0.717, 1.165) is 33.9 Å². The molecule has 0 atom stereocenters. The Labute approximate surface area is 413 Å². The molecule has 1 aliphatic rings. The van der Waals surface area contributed by atoms with Gasteiger partial charge in [0, 0.05) is 33.1 Å². The van der Waals surface area contributed by atoms with E-state index in [1.54, 1.807) is 0 Å². The van der Waals surface area contributed by atoms with Gasteiger partial charge in [-0.25, -0.2) is 0 Å². The topological polar surface area (TPSA) is 8.17 Å². The number of nitrogens with zero attached hydrogens (tertiary/aromatic N) is 2. The van der Waals surface area contributed by atoms with Gasteiger partial charge in [-0.2, -0.15) is 0 Å². The van der Waals surface area contributed by atoms with Gasteiger partial charge in [-0.05, 0) is 115 Å². The lowest BCUT2D eigenvalue weighted by Crippen LogP contribution is -2.28. The molecular formula is C69H46N2. The molecule has 1 heterocycles. The Morgan fingerprint density at radius 3 is 1.68 bits per heavy atom. The van der Waals surface area contributed by atoms with Crippen LogP contribution >= 0.6 is 0 Å². The summed E-state index contributed by atoms with van der Waals surface area (Å²) >= 11 is 0. The lowest BCUT2D eigenvalue weighted by atomic mass is 9.67. The van der Waals surface area contributed by atoms with Crippen LogP contribution in [-0.2, 0) is 5.41 Å². The maximum absolute atomic E-state index is 2.50. The molecule has 0 fully saturated rings. The number of rotatable bonds is 8. The summed E-state index contributed by atoms with van der Waals surface area (Å²) in [5, 5.41) is 7.28. The molecule has 0 bridgehead atoms. The highest BCUT2D eigenvalue weighted by Gasteiger charge is 2.46. The largest absolute Gasteiger partial charge is 0.309 e. The minimum absolute atomic E-state index is 0.506. The highest BCUT2D eigenvalue weighted by molar-refractivity contribution is 6.11. The maximum atomic E-state index is 2.50. The molecule has 0 radical (unpaired) electrons. The summed E-state index contributed by atoms with van der Waals surface area (Å²) in [6.45, 7) is 0. The monoisotopic (exact) mass is 902 g/mol. The molecule has 0 unspecified atom stereocenters. The van der Waals surface area contributed by atoms with Gasteiger partial charge >= 0.3 is 0 Å². The van der Waals surface area contributed by atoms with Gasteiger partial charge < -0.3 is 9.47 Å². The number of benzene rings is 12. The zero-order valence-electron chi connectivity index (χ0n) is 39.0. The molecule has 12 aromatic carbocycles. The third-order valence-electron chi connectivity index (χ3n) is 15.0. The van der Waals surface area contributed by atoms with E-state index in [0.29, 0.717) is 0 Å². The first kappa shape index (κ1) is 40.8. The summed E-state index contributed by atoms with van der Waals surface area (Å²) < 4.78 is 2.50. The molecule has 0 saturated heterocycles. The Hall–Kier alpha value is -9.24. The van der Waals surface area contributed by atoms with Gasteiger partial charge in [-0.15, -0.1) is 0 Å². The molecule has 14 rings (SSSR count). The van der Waals surface area contributed by atoms with Crippen molar-refractivity contribution in [2.24, 2.45) is 0 Å². The summed E-state index contributed by atoms with van der Waals surface area (Å²) in [5.41, 5.74) is 18.7. The summed E-state index contributed by atoms with van der Waals surface area (Å²) in [6, 6.07) is 103. The quantitative estimate of drug-likeness (QED) is 0.147. The highest BCUT2D eigenvalue weighted by atomic mass is 15.1. The zero-order valence-corrected chi connectivity index (χ0v) is 39.0. The molecular weight excluding hydrogens is 857 g/mol. The van der Waals surface area contributed by atoms with Gasteiger partial charge in [0.1, 0.15) is 0 Å². The molecule has 0 aliphatic heterocycles. The second-order valence-corrected chi connectivity index (χ2v) is 18.8. The minimum Gasteiger partial charge on any atom is -0.309 e. The van der Waals surface area contributed by atoms with Crippen LogP contribution < -0.4 is 4.90 Å². The first-order valence-corrected chi connectivity index (χ1v) is 24.6. The second-order valence-electron chi connectivity index (χ2n) is 18.8. The van der Waals surface area contributed by atoms with Crippen molar-refractivity contribution in [2.45, 2.75) is 5.41 Å². The highest BCUT2D eigenvalue weighted by Crippen LogP contribution is 2.57. The third-order valence-corrected chi connectivity index (χ3v) is 15.0. The number of hydrogen-bond acceptors (Lipinski definition) is 1. The molecule has 0 spiro atoms. The molecule has 1 aromatic heterocycles. The van der Waals surface area contributed by atoms with Crippen molar-refractivity contribution in [1.29, 1.82) is 0 Å². The Bertz CT molecular complexity index is 4140. The molecule has 2 heteroatoms. The zero-order chi connectivity index (χ0) is 46.9. The minimum atomic E-state index is -0.506. The maximum Gasteiger partial charge on any atom is 0.0714 e. The first-order valence-electron chi connectivity index (χ1n) is 24.6. The SMILES string of the molecule is c1ccc(C2(c3ccccc3)c3ccccc3-c3ccc(-n4c5ccccc5c5ccc(-c6ccccc6-c6ccccc6N(c6ccc7ccccc7c6)c6cccc7ccccc67)cc54)cc32)cc1. The summed E-state index contributed by atoms with van der Waals surface area (Å²) in [5.74, 6) is 0. The van der Waals surface area contributed by atoms with Crippen LogP contribution in [0.3, 0.4) is 0 Å². The van der Waals surface area contributed by atoms with Gasteiger partial charge in [-0.3, -0.25) is 0 Å². The van der Waals surface area contributed by atoms with Crippen molar-refractivity contribution in [2.75, 3.05) is 4.90 Å². The average molecular weight is 903 g/mol. The van der Waals surface area contributed by atoms with Crippen molar-refractivity contribution in [1.82, 2.24) is 4.57 Å². The van der Waals surface area contributed by atoms with Gasteiger partial charge in [-0.1, -0.05) is 231 Å². The predicted octanol–water partition coefficient (Wildman–Crippen LogP) is 18.3. The number of para-hydroxylation sites is 2. The van der Waals surface area contributed by atoms with Gasteiger partial charge in [0.2, 0.25) is 0 Å². The Balaban J connectivity index is 0.973. The lowest BCUT2D eigenvalue weighted by molar-refractivity contribution is 0.767. The van der Waals surface area contributed by atoms with Gasteiger partial charge in [0.25, 0.3) is 0 Å². The van der Waals surface area contributed by atoms with Crippen LogP contribution in [0.4, 0.5) is 17.1 Å². The van der Waals surface area contributed by atoms with Crippen molar-refractivity contribution in [3.05, 3.63) is 301 Å². The van der Waals surface area contributed by atoms with Crippen LogP contribution in [0.25, 0.3) is 82.4 Å². The summed E-state index contributed by atoms with van der Waals surface area (Å²) in [7, 11) is 0. The molecule has 0 amide bonds. The van der Waals surface area contributed by atoms with E-state index in [1.807, 2.05) is 0 Å². The average Bonchev–Trinajstić information content (AvgIpc) is 3.94. The van der Waals surface area contributed by atoms with Crippen molar-refractivity contribution in [3.63, 3.8) is 0 Å². The molecule has 1 aliphatic carbocycles. The fraction of sp³-hybridized carbons (Fsp3) is 0.0145. The number of aromatic nitrogens is 1. The van der Waals surface area contributed by atoms with Crippen LogP contribution in [-0.4, -0.2) is 4.57 Å². The van der Waals surface area contributed by atoms with Crippen LogP contribution in [0.1, 0.15) is 22.3 Å². The van der Waals surface area contributed by atoms with E-state index in [4.69, 9.17) is 0 Å².